The fraction of sp³-hybridized carbons (Fsp3) is 0.727. The Bertz CT molecular complexity index is 380. The van der Waals surface area contributed by atoms with Gasteiger partial charge in [0.15, 0.2) is 0 Å². The van der Waals surface area contributed by atoms with E-state index in [-0.39, 0.29) is 0 Å². The maximum absolute atomic E-state index is 5.09. The summed E-state index contributed by atoms with van der Waals surface area (Å²) in [6, 6.07) is 0.911. The second-order valence-corrected chi connectivity index (χ2v) is 4.17. The number of nitrogens with one attached hydrogen (secondary N) is 1. The number of ether oxygens (including phenoxy) is 1. The van der Waals surface area contributed by atoms with E-state index < -0.39 is 0 Å². The third-order valence-electron chi connectivity index (χ3n) is 3.06. The molecule has 0 saturated heterocycles. The maximum atomic E-state index is 5.09. The molecule has 94 valence electrons. The molecule has 1 fully saturated rings. The highest BCUT2D eigenvalue weighted by Crippen LogP contribution is 2.27. The van der Waals surface area contributed by atoms with Crippen LogP contribution in [0.4, 0.5) is 11.9 Å². The Kier molecular flexibility index (Phi) is 3.61. The summed E-state index contributed by atoms with van der Waals surface area (Å²) in [5.41, 5.74) is 0. The van der Waals surface area contributed by atoms with Crippen LogP contribution in [0.25, 0.3) is 0 Å². The molecule has 1 aliphatic rings. The van der Waals surface area contributed by atoms with E-state index >= 15 is 0 Å². The highest BCUT2D eigenvalue weighted by molar-refractivity contribution is 5.39. The Morgan fingerprint density at radius 3 is 2.65 bits per heavy atom. The number of rotatable bonds is 5. The molecule has 0 radical (unpaired) electrons. The average Bonchev–Trinajstić information content (AvgIpc) is 2.26. The van der Waals surface area contributed by atoms with Crippen LogP contribution in [0.3, 0.4) is 0 Å². The number of aromatic nitrogens is 3. The van der Waals surface area contributed by atoms with Gasteiger partial charge in [0.05, 0.1) is 7.11 Å². The van der Waals surface area contributed by atoms with Crippen LogP contribution in [-0.4, -0.2) is 41.7 Å². The molecule has 1 heterocycles. The van der Waals surface area contributed by atoms with Crippen LogP contribution in [0.5, 0.6) is 6.01 Å². The first-order chi connectivity index (χ1) is 8.24. The minimum atomic E-state index is 0.358. The number of anilines is 2. The van der Waals surface area contributed by atoms with Crippen LogP contribution in [0.2, 0.25) is 0 Å². The Hall–Kier alpha value is -1.59. The van der Waals surface area contributed by atoms with Crippen molar-refractivity contribution in [3.63, 3.8) is 0 Å². The van der Waals surface area contributed by atoms with Gasteiger partial charge in [-0.15, -0.1) is 0 Å². The number of nitrogens with zero attached hydrogens (tertiary/aromatic N) is 4. The van der Waals surface area contributed by atoms with Gasteiger partial charge >= 0.3 is 6.01 Å². The smallest absolute Gasteiger partial charge is 0.322 e. The molecule has 0 aliphatic heterocycles. The molecular formula is C11H19N5O. The molecule has 0 aromatic carbocycles. The Labute approximate surface area is 101 Å². The first-order valence-corrected chi connectivity index (χ1v) is 6.01. The van der Waals surface area contributed by atoms with E-state index in [4.69, 9.17) is 4.74 Å². The maximum Gasteiger partial charge on any atom is 0.322 e. The van der Waals surface area contributed by atoms with E-state index in [1.807, 2.05) is 14.0 Å². The van der Waals surface area contributed by atoms with Gasteiger partial charge in [0.2, 0.25) is 11.9 Å². The normalized spacial score (nSPS) is 15.2. The quantitative estimate of drug-likeness (QED) is 0.833. The number of hydrogen-bond acceptors (Lipinski definition) is 6. The van der Waals surface area contributed by atoms with Crippen LogP contribution in [-0.2, 0) is 0 Å². The van der Waals surface area contributed by atoms with E-state index in [0.29, 0.717) is 23.9 Å². The monoisotopic (exact) mass is 237 g/mol. The first kappa shape index (κ1) is 11.9. The fourth-order valence-electron chi connectivity index (χ4n) is 1.77. The van der Waals surface area contributed by atoms with Gasteiger partial charge in [0.1, 0.15) is 0 Å². The van der Waals surface area contributed by atoms with Crippen molar-refractivity contribution < 1.29 is 4.74 Å². The number of methoxy groups -OCH3 is 1. The molecule has 0 spiro atoms. The summed E-state index contributed by atoms with van der Waals surface area (Å²) in [4.78, 5) is 14.9. The molecule has 2 rings (SSSR count). The van der Waals surface area contributed by atoms with E-state index in [1.165, 1.54) is 19.3 Å². The third kappa shape index (κ3) is 2.57. The van der Waals surface area contributed by atoms with Crippen LogP contribution in [0.15, 0.2) is 0 Å². The van der Waals surface area contributed by atoms with Gasteiger partial charge in [-0.25, -0.2) is 0 Å². The summed E-state index contributed by atoms with van der Waals surface area (Å²) in [6.07, 6.45) is 3.71. The topological polar surface area (TPSA) is 63.2 Å². The SMILES string of the molecule is CCNc1nc(OC)nc(N(C)C2CCC2)n1. The molecule has 0 bridgehead atoms. The van der Waals surface area contributed by atoms with E-state index in [9.17, 15) is 0 Å². The molecule has 1 N–H and O–H groups in total. The van der Waals surface area contributed by atoms with Gasteiger partial charge in [0, 0.05) is 19.6 Å². The van der Waals surface area contributed by atoms with Gasteiger partial charge in [-0.3, -0.25) is 0 Å². The third-order valence-corrected chi connectivity index (χ3v) is 3.06. The Balaban J connectivity index is 2.21. The van der Waals surface area contributed by atoms with Gasteiger partial charge in [-0.2, -0.15) is 15.0 Å². The second kappa shape index (κ2) is 5.16. The molecule has 0 amide bonds. The van der Waals surface area contributed by atoms with Crippen LogP contribution < -0.4 is 15.0 Å². The van der Waals surface area contributed by atoms with Crippen molar-refractivity contribution in [1.29, 1.82) is 0 Å². The van der Waals surface area contributed by atoms with Gasteiger partial charge < -0.3 is 15.0 Å². The van der Waals surface area contributed by atoms with Gasteiger partial charge in [-0.05, 0) is 26.2 Å². The predicted octanol–water partition coefficient (Wildman–Crippen LogP) is 1.30. The lowest BCUT2D eigenvalue weighted by molar-refractivity contribution is 0.371. The molecule has 6 heteroatoms. The zero-order valence-corrected chi connectivity index (χ0v) is 10.6. The molecular weight excluding hydrogens is 218 g/mol. The highest BCUT2D eigenvalue weighted by atomic mass is 16.5. The standard InChI is InChI=1S/C11H19N5O/c1-4-12-9-13-10(15-11(14-9)17-3)16(2)8-6-5-7-8/h8H,4-7H2,1-3H3,(H,12,13,14,15). The minimum absolute atomic E-state index is 0.358. The van der Waals surface area contributed by atoms with E-state index in [1.54, 1.807) is 7.11 Å². The molecule has 1 saturated carbocycles. The van der Waals surface area contributed by atoms with Crippen molar-refractivity contribution in [3.05, 3.63) is 0 Å². The largest absolute Gasteiger partial charge is 0.467 e. The van der Waals surface area contributed by atoms with Crippen LogP contribution in [0.1, 0.15) is 26.2 Å². The van der Waals surface area contributed by atoms with Crippen molar-refractivity contribution in [1.82, 2.24) is 15.0 Å². The summed E-state index contributed by atoms with van der Waals surface area (Å²) in [7, 11) is 3.59. The Morgan fingerprint density at radius 1 is 1.35 bits per heavy atom. The van der Waals surface area contributed by atoms with Crippen molar-refractivity contribution in [2.45, 2.75) is 32.2 Å². The number of hydrogen-bond donors (Lipinski definition) is 1. The van der Waals surface area contributed by atoms with Gasteiger partial charge in [0.25, 0.3) is 0 Å². The second-order valence-electron chi connectivity index (χ2n) is 4.17. The van der Waals surface area contributed by atoms with E-state index in [2.05, 4.69) is 25.2 Å². The van der Waals surface area contributed by atoms with Crippen molar-refractivity contribution in [3.8, 4) is 6.01 Å². The summed E-state index contributed by atoms with van der Waals surface area (Å²) >= 11 is 0. The summed E-state index contributed by atoms with van der Waals surface area (Å²) in [6.45, 7) is 2.78. The van der Waals surface area contributed by atoms with Crippen molar-refractivity contribution in [2.75, 3.05) is 30.9 Å². The predicted molar refractivity (Wildman–Crippen MR) is 66.6 cm³/mol. The van der Waals surface area contributed by atoms with E-state index in [0.717, 1.165) is 6.54 Å². The summed E-state index contributed by atoms with van der Waals surface area (Å²) < 4.78 is 5.09. The lowest BCUT2D eigenvalue weighted by atomic mass is 9.92. The molecule has 17 heavy (non-hydrogen) atoms. The highest BCUT2D eigenvalue weighted by Gasteiger charge is 2.24. The Morgan fingerprint density at radius 2 is 2.12 bits per heavy atom. The molecule has 1 aromatic rings. The summed E-state index contributed by atoms with van der Waals surface area (Å²) in [5.74, 6) is 1.25. The molecule has 1 aromatic heterocycles. The molecule has 1 aliphatic carbocycles. The molecule has 0 unspecified atom stereocenters. The minimum Gasteiger partial charge on any atom is -0.467 e. The van der Waals surface area contributed by atoms with Crippen LogP contribution >= 0.6 is 0 Å². The molecule has 6 nitrogen and oxygen atoms in total. The zero-order chi connectivity index (χ0) is 12.3. The lowest BCUT2D eigenvalue weighted by Gasteiger charge is -2.34. The van der Waals surface area contributed by atoms with Crippen LogP contribution in [0, 0.1) is 0 Å². The van der Waals surface area contributed by atoms with Crippen molar-refractivity contribution in [2.24, 2.45) is 0 Å². The zero-order valence-electron chi connectivity index (χ0n) is 10.6. The lowest BCUT2D eigenvalue weighted by Crippen LogP contribution is -2.38. The van der Waals surface area contributed by atoms with Gasteiger partial charge in [-0.1, -0.05) is 0 Å². The average molecular weight is 237 g/mol. The van der Waals surface area contributed by atoms with Crippen molar-refractivity contribution >= 4 is 11.9 Å². The first-order valence-electron chi connectivity index (χ1n) is 6.01. The summed E-state index contributed by atoms with van der Waals surface area (Å²) in [5, 5.41) is 3.08. The fourth-order valence-corrected chi connectivity index (χ4v) is 1.77. The molecule has 0 atom stereocenters.